The number of benzene rings is 10. The number of rotatable bonds is 2. The van der Waals surface area contributed by atoms with E-state index in [0.29, 0.717) is 0 Å². The Hall–Kier alpha value is -7.75. The number of hydrogen-bond donors (Lipinski definition) is 0. The maximum absolute atomic E-state index is 14.0. The first kappa shape index (κ1) is 33.1. The van der Waals surface area contributed by atoms with Gasteiger partial charge in [0, 0.05) is 43.4 Å². The molecule has 0 N–H and O–H groups in total. The zero-order chi connectivity index (χ0) is 40.3. The molecule has 0 amide bonds. The Labute approximate surface area is 350 Å². The average molecular weight is 777 g/mol. The van der Waals surface area contributed by atoms with E-state index < -0.39 is 0 Å². The predicted molar refractivity (Wildman–Crippen MR) is 257 cm³/mol. The summed E-state index contributed by atoms with van der Waals surface area (Å²) in [6.07, 6.45) is 0. The molecular weight excluding hydrogens is 741 g/mol. The third-order valence-electron chi connectivity index (χ3n) is 14.2. The topological polar surface area (TPSA) is 26.4 Å². The second kappa shape index (κ2) is 11.5. The van der Waals surface area contributed by atoms with E-state index in [1.807, 2.05) is 22.6 Å². The number of hydrogen-bond acceptors (Lipinski definition) is 1. The van der Waals surface area contributed by atoms with E-state index in [0.717, 1.165) is 54.8 Å². The van der Waals surface area contributed by atoms with Crippen LogP contribution in [0, 0.1) is 0 Å². The highest BCUT2D eigenvalue weighted by molar-refractivity contribution is 6.27. The van der Waals surface area contributed by atoms with Crippen molar-refractivity contribution in [3.63, 3.8) is 0 Å². The lowest BCUT2D eigenvalue weighted by atomic mass is 9.80. The fourth-order valence-corrected chi connectivity index (χ4v) is 11.6. The first-order chi connectivity index (χ1) is 30.0. The van der Waals surface area contributed by atoms with Crippen molar-refractivity contribution in [3.8, 4) is 27.9 Å². The van der Waals surface area contributed by atoms with Gasteiger partial charge in [0.15, 0.2) is 0 Å². The van der Waals surface area contributed by atoms with Crippen molar-refractivity contribution in [1.82, 2.24) is 8.97 Å². The molecule has 284 valence electrons. The van der Waals surface area contributed by atoms with Crippen LogP contribution in [0.25, 0.3) is 120 Å². The number of nitrogens with zero attached hydrogens (tertiary/aromatic N) is 2. The number of fused-ring (bicyclic) bond motifs is 18. The molecule has 0 fully saturated rings. The SMILES string of the molecule is CC1(C)c2ccccc2-c2ccc3c(c21)c1ccccc1n3-c1ccc2c3ccc(-c4ccc5c(c4)c4cccc6c7ccccc7c(=O)n5c64)cc3c3ccccc3c2c1. The van der Waals surface area contributed by atoms with Gasteiger partial charge in [0.25, 0.3) is 5.56 Å². The second-order valence-corrected chi connectivity index (χ2v) is 17.6. The lowest BCUT2D eigenvalue weighted by Crippen LogP contribution is -2.15. The van der Waals surface area contributed by atoms with Crippen LogP contribution in [-0.2, 0) is 5.41 Å². The molecule has 3 nitrogen and oxygen atoms in total. The average Bonchev–Trinajstić information content (AvgIpc) is 3.91. The first-order valence-corrected chi connectivity index (χ1v) is 21.2. The van der Waals surface area contributed by atoms with Crippen LogP contribution in [0.2, 0.25) is 0 Å². The van der Waals surface area contributed by atoms with Crippen LogP contribution >= 0.6 is 0 Å². The summed E-state index contributed by atoms with van der Waals surface area (Å²) in [5, 5.41) is 15.1. The quantitative estimate of drug-likeness (QED) is 0.161. The molecule has 0 aliphatic heterocycles. The highest BCUT2D eigenvalue weighted by atomic mass is 16.1. The van der Waals surface area contributed by atoms with Crippen LogP contribution in [-0.4, -0.2) is 8.97 Å². The van der Waals surface area contributed by atoms with Gasteiger partial charge < -0.3 is 4.57 Å². The van der Waals surface area contributed by atoms with Gasteiger partial charge in [-0.2, -0.15) is 0 Å². The number of para-hydroxylation sites is 2. The van der Waals surface area contributed by atoms with E-state index in [1.165, 1.54) is 76.4 Å². The first-order valence-electron chi connectivity index (χ1n) is 21.2. The molecule has 0 atom stereocenters. The normalized spacial score (nSPS) is 13.6. The largest absolute Gasteiger partial charge is 0.309 e. The van der Waals surface area contributed by atoms with Gasteiger partial charge in [0.1, 0.15) is 0 Å². The van der Waals surface area contributed by atoms with Crippen molar-refractivity contribution in [3.05, 3.63) is 203 Å². The molecule has 61 heavy (non-hydrogen) atoms. The highest BCUT2D eigenvalue weighted by Gasteiger charge is 2.38. The van der Waals surface area contributed by atoms with E-state index in [9.17, 15) is 4.79 Å². The van der Waals surface area contributed by atoms with E-state index in [1.54, 1.807) is 0 Å². The Balaban J connectivity index is 0.971. The van der Waals surface area contributed by atoms with E-state index >= 15 is 0 Å². The third kappa shape index (κ3) is 4.15. The molecule has 10 aromatic carbocycles. The van der Waals surface area contributed by atoms with Gasteiger partial charge in [-0.15, -0.1) is 0 Å². The minimum atomic E-state index is -0.120. The summed E-state index contributed by atoms with van der Waals surface area (Å²) >= 11 is 0. The maximum atomic E-state index is 14.0. The molecule has 0 saturated carbocycles. The van der Waals surface area contributed by atoms with Crippen molar-refractivity contribution < 1.29 is 0 Å². The van der Waals surface area contributed by atoms with Gasteiger partial charge in [-0.1, -0.05) is 147 Å². The van der Waals surface area contributed by atoms with Gasteiger partial charge in [-0.3, -0.25) is 9.20 Å². The lowest BCUT2D eigenvalue weighted by Gasteiger charge is -2.22. The zero-order valence-electron chi connectivity index (χ0n) is 33.6. The van der Waals surface area contributed by atoms with Gasteiger partial charge in [-0.05, 0) is 120 Å². The minimum absolute atomic E-state index is 0.0332. The molecule has 0 bridgehead atoms. The van der Waals surface area contributed by atoms with Crippen LogP contribution in [0.1, 0.15) is 25.0 Å². The van der Waals surface area contributed by atoms with Gasteiger partial charge in [-0.25, -0.2) is 0 Å². The third-order valence-corrected chi connectivity index (χ3v) is 14.2. The molecule has 1 aliphatic carbocycles. The Bertz CT molecular complexity index is 4140. The van der Waals surface area contributed by atoms with Crippen LogP contribution < -0.4 is 5.56 Å². The Morgan fingerprint density at radius 3 is 1.74 bits per heavy atom. The summed E-state index contributed by atoms with van der Waals surface area (Å²) in [5.41, 5.74) is 13.3. The molecule has 14 rings (SSSR count). The Morgan fingerprint density at radius 1 is 0.393 bits per heavy atom. The van der Waals surface area contributed by atoms with Crippen LogP contribution in [0.4, 0.5) is 0 Å². The van der Waals surface area contributed by atoms with Crippen LogP contribution in [0.15, 0.2) is 187 Å². The molecule has 13 aromatic rings. The number of aromatic nitrogens is 2. The molecule has 3 aromatic heterocycles. The molecule has 0 unspecified atom stereocenters. The molecule has 0 spiro atoms. The van der Waals surface area contributed by atoms with Crippen molar-refractivity contribution in [2.45, 2.75) is 19.3 Å². The van der Waals surface area contributed by atoms with E-state index in [-0.39, 0.29) is 11.0 Å². The molecule has 1 aliphatic rings. The van der Waals surface area contributed by atoms with Crippen molar-refractivity contribution in [2.24, 2.45) is 0 Å². The van der Waals surface area contributed by atoms with E-state index in [2.05, 4.69) is 182 Å². The maximum Gasteiger partial charge on any atom is 0.263 e. The molecule has 3 heteroatoms. The van der Waals surface area contributed by atoms with Crippen molar-refractivity contribution in [1.29, 1.82) is 0 Å². The second-order valence-electron chi connectivity index (χ2n) is 17.6. The monoisotopic (exact) mass is 776 g/mol. The molecule has 0 saturated heterocycles. The van der Waals surface area contributed by atoms with Gasteiger partial charge in [0.05, 0.1) is 22.1 Å². The standard InChI is InChI=1S/C58H36N2O/c1-58(2)50-20-9-7-15-41(50)42-27-29-53-54(55(42)58)46-17-8-10-21-51(46)59(53)35-24-26-40-39-25-22-33(30-47(39)36-12-3-4-13-37(36)48(40)32-35)34-23-28-52-49(31-34)44-19-11-18-43-38-14-5-6-16-45(38)57(61)60(52)56(43)44/h3-32H,1-2H3. The summed E-state index contributed by atoms with van der Waals surface area (Å²) < 4.78 is 4.40. The summed E-state index contributed by atoms with van der Waals surface area (Å²) in [7, 11) is 0. The van der Waals surface area contributed by atoms with E-state index in [4.69, 9.17) is 0 Å². The summed E-state index contributed by atoms with van der Waals surface area (Å²) in [4.78, 5) is 14.0. The minimum Gasteiger partial charge on any atom is -0.309 e. The fourth-order valence-electron chi connectivity index (χ4n) is 11.6. The Kier molecular flexibility index (Phi) is 6.24. The van der Waals surface area contributed by atoms with Crippen molar-refractivity contribution >= 4 is 92.1 Å². The molecule has 0 radical (unpaired) electrons. The van der Waals surface area contributed by atoms with Crippen LogP contribution in [0.5, 0.6) is 0 Å². The lowest BCUT2D eigenvalue weighted by molar-refractivity contribution is 0.666. The Morgan fingerprint density at radius 2 is 0.951 bits per heavy atom. The summed E-state index contributed by atoms with van der Waals surface area (Å²) in [5.74, 6) is 0. The summed E-state index contributed by atoms with van der Waals surface area (Å²) in [6.45, 7) is 4.77. The van der Waals surface area contributed by atoms with Crippen molar-refractivity contribution in [2.75, 3.05) is 0 Å². The zero-order valence-corrected chi connectivity index (χ0v) is 33.6. The fraction of sp³-hybridized carbons (Fsp3) is 0.0517. The number of pyridine rings is 1. The van der Waals surface area contributed by atoms with Gasteiger partial charge in [0.2, 0.25) is 0 Å². The van der Waals surface area contributed by atoms with Gasteiger partial charge >= 0.3 is 0 Å². The molecule has 3 heterocycles. The summed E-state index contributed by atoms with van der Waals surface area (Å²) in [6, 6.07) is 66.4. The highest BCUT2D eigenvalue weighted by Crippen LogP contribution is 2.53. The van der Waals surface area contributed by atoms with Crippen LogP contribution in [0.3, 0.4) is 0 Å². The molecular formula is C58H36N2O. The predicted octanol–water partition coefficient (Wildman–Crippen LogP) is 14.7. The smallest absolute Gasteiger partial charge is 0.263 e.